The van der Waals surface area contributed by atoms with Gasteiger partial charge in [0.15, 0.2) is 0 Å². The molecule has 0 aliphatic rings. The first-order valence-electron chi connectivity index (χ1n) is 8.41. The van der Waals surface area contributed by atoms with E-state index in [9.17, 15) is 0 Å². The summed E-state index contributed by atoms with van der Waals surface area (Å²) >= 11 is 0. The van der Waals surface area contributed by atoms with Gasteiger partial charge in [-0.25, -0.2) is 0 Å². The van der Waals surface area contributed by atoms with Gasteiger partial charge in [0.1, 0.15) is 0 Å². The van der Waals surface area contributed by atoms with Crippen molar-refractivity contribution in [2.45, 2.75) is 0 Å². The molecule has 0 bridgehead atoms. The Morgan fingerprint density at radius 3 is 1.12 bits per heavy atom. The van der Waals surface area contributed by atoms with Crippen LogP contribution in [0.1, 0.15) is 0 Å². The number of anilines is 1. The van der Waals surface area contributed by atoms with Gasteiger partial charge in [-0.3, -0.25) is 0 Å². The number of rotatable bonds is 3. The summed E-state index contributed by atoms with van der Waals surface area (Å²) in [5.41, 5.74) is 13.9. The zero-order valence-corrected chi connectivity index (χ0v) is 13.9. The van der Waals surface area contributed by atoms with Gasteiger partial charge in [0.2, 0.25) is 0 Å². The Kier molecular flexibility index (Phi) is 4.05. The average molecular weight is 321 g/mol. The molecule has 0 spiro atoms. The molecule has 0 fully saturated rings. The second kappa shape index (κ2) is 6.66. The molecule has 0 aliphatic carbocycles. The molecule has 0 atom stereocenters. The third-order valence-corrected chi connectivity index (χ3v) is 4.39. The van der Waals surface area contributed by atoms with Crippen molar-refractivity contribution in [1.82, 2.24) is 0 Å². The monoisotopic (exact) mass is 321 g/mol. The second-order valence-electron chi connectivity index (χ2n) is 6.15. The van der Waals surface area contributed by atoms with Crippen LogP contribution in [0.25, 0.3) is 33.4 Å². The van der Waals surface area contributed by atoms with E-state index in [1.54, 1.807) is 0 Å². The summed E-state index contributed by atoms with van der Waals surface area (Å²) in [7, 11) is 0. The highest BCUT2D eigenvalue weighted by Gasteiger charge is 2.07. The van der Waals surface area contributed by atoms with E-state index >= 15 is 0 Å². The van der Waals surface area contributed by atoms with Crippen LogP contribution in [-0.2, 0) is 0 Å². The van der Waals surface area contributed by atoms with Crippen LogP contribution in [-0.4, -0.2) is 0 Å². The van der Waals surface area contributed by atoms with Crippen LogP contribution < -0.4 is 5.73 Å². The molecule has 0 saturated heterocycles. The maximum atomic E-state index is 5.85. The van der Waals surface area contributed by atoms with Crippen LogP contribution in [0.15, 0.2) is 103 Å². The first-order valence-corrected chi connectivity index (χ1v) is 8.41. The van der Waals surface area contributed by atoms with E-state index in [1.165, 1.54) is 33.4 Å². The molecular formula is C24H19N. The van der Waals surface area contributed by atoms with Crippen molar-refractivity contribution in [3.05, 3.63) is 103 Å². The number of hydrogen-bond donors (Lipinski definition) is 1. The topological polar surface area (TPSA) is 26.0 Å². The van der Waals surface area contributed by atoms with Gasteiger partial charge < -0.3 is 5.73 Å². The summed E-state index contributed by atoms with van der Waals surface area (Å²) in [5, 5.41) is 0. The Hall–Kier alpha value is -3.32. The van der Waals surface area contributed by atoms with E-state index in [4.69, 9.17) is 5.73 Å². The lowest BCUT2D eigenvalue weighted by molar-refractivity contribution is 1.56. The van der Waals surface area contributed by atoms with Gasteiger partial charge in [0.25, 0.3) is 0 Å². The lowest BCUT2D eigenvalue weighted by Gasteiger charge is -2.11. The minimum absolute atomic E-state index is 0.784. The smallest absolute Gasteiger partial charge is 0.0314 e. The van der Waals surface area contributed by atoms with Gasteiger partial charge in [-0.15, -0.1) is 0 Å². The molecule has 25 heavy (non-hydrogen) atoms. The molecule has 0 amide bonds. The molecule has 0 heterocycles. The van der Waals surface area contributed by atoms with E-state index in [-0.39, 0.29) is 0 Å². The Balaban J connectivity index is 1.90. The molecule has 120 valence electrons. The van der Waals surface area contributed by atoms with Crippen molar-refractivity contribution in [3.8, 4) is 33.4 Å². The largest absolute Gasteiger partial charge is 0.399 e. The third-order valence-electron chi connectivity index (χ3n) is 4.39. The molecule has 0 radical (unpaired) electrons. The fraction of sp³-hybridized carbons (Fsp3) is 0. The maximum Gasteiger partial charge on any atom is 0.0314 e. The Morgan fingerprint density at radius 2 is 0.720 bits per heavy atom. The number of nitrogens with two attached hydrogens (primary N) is 1. The van der Waals surface area contributed by atoms with Gasteiger partial charge in [-0.2, -0.15) is 0 Å². The summed E-state index contributed by atoms with van der Waals surface area (Å²) in [6, 6.07) is 35.8. The quantitative estimate of drug-likeness (QED) is 0.442. The Labute approximate surface area is 148 Å². The molecule has 4 rings (SSSR count). The molecule has 0 aromatic heterocycles. The first-order chi connectivity index (χ1) is 12.3. The summed E-state index contributed by atoms with van der Waals surface area (Å²) < 4.78 is 0. The Morgan fingerprint density at radius 1 is 0.360 bits per heavy atom. The molecule has 4 aromatic carbocycles. The van der Waals surface area contributed by atoms with Crippen LogP contribution in [0.3, 0.4) is 0 Å². The molecule has 4 aromatic rings. The normalized spacial score (nSPS) is 10.6. The molecule has 0 aliphatic heterocycles. The van der Waals surface area contributed by atoms with Crippen molar-refractivity contribution < 1.29 is 0 Å². The summed E-state index contributed by atoms with van der Waals surface area (Å²) in [5.74, 6) is 0. The number of benzene rings is 4. The van der Waals surface area contributed by atoms with Crippen molar-refractivity contribution in [2.75, 3.05) is 5.73 Å². The SMILES string of the molecule is Nc1ccc(-c2cc(-c3ccccc3)cc(-c3ccccc3)c2)cc1. The lowest BCUT2D eigenvalue weighted by Crippen LogP contribution is -1.87. The van der Waals surface area contributed by atoms with Gasteiger partial charge in [0.05, 0.1) is 0 Å². The van der Waals surface area contributed by atoms with E-state index < -0.39 is 0 Å². The van der Waals surface area contributed by atoms with Crippen molar-refractivity contribution in [3.63, 3.8) is 0 Å². The van der Waals surface area contributed by atoms with Gasteiger partial charge >= 0.3 is 0 Å². The molecular weight excluding hydrogens is 302 g/mol. The van der Waals surface area contributed by atoms with E-state index in [0.29, 0.717) is 0 Å². The zero-order valence-electron chi connectivity index (χ0n) is 13.9. The van der Waals surface area contributed by atoms with Gasteiger partial charge in [-0.1, -0.05) is 72.8 Å². The van der Waals surface area contributed by atoms with Gasteiger partial charge in [-0.05, 0) is 63.7 Å². The van der Waals surface area contributed by atoms with Crippen molar-refractivity contribution in [1.29, 1.82) is 0 Å². The minimum Gasteiger partial charge on any atom is -0.399 e. The predicted octanol–water partition coefficient (Wildman–Crippen LogP) is 6.27. The van der Waals surface area contributed by atoms with E-state index in [1.807, 2.05) is 24.3 Å². The fourth-order valence-electron chi connectivity index (χ4n) is 3.06. The summed E-state index contributed by atoms with van der Waals surface area (Å²) in [4.78, 5) is 0. The van der Waals surface area contributed by atoms with Crippen molar-refractivity contribution in [2.24, 2.45) is 0 Å². The number of nitrogen functional groups attached to an aromatic ring is 1. The zero-order chi connectivity index (χ0) is 17.1. The Bertz CT molecular complexity index is 914. The van der Waals surface area contributed by atoms with Crippen LogP contribution in [0.5, 0.6) is 0 Å². The van der Waals surface area contributed by atoms with E-state index in [2.05, 4.69) is 78.9 Å². The second-order valence-corrected chi connectivity index (χ2v) is 6.15. The van der Waals surface area contributed by atoms with Crippen LogP contribution in [0, 0.1) is 0 Å². The molecule has 0 unspecified atom stereocenters. The third kappa shape index (κ3) is 3.31. The van der Waals surface area contributed by atoms with Crippen LogP contribution >= 0.6 is 0 Å². The fourth-order valence-corrected chi connectivity index (χ4v) is 3.06. The van der Waals surface area contributed by atoms with Crippen LogP contribution in [0.4, 0.5) is 5.69 Å². The molecule has 2 N–H and O–H groups in total. The first kappa shape index (κ1) is 15.2. The average Bonchev–Trinajstić information content (AvgIpc) is 2.69. The number of hydrogen-bond acceptors (Lipinski definition) is 1. The lowest BCUT2D eigenvalue weighted by atomic mass is 9.93. The maximum absolute atomic E-state index is 5.85. The molecule has 0 saturated carbocycles. The highest BCUT2D eigenvalue weighted by Crippen LogP contribution is 2.33. The predicted molar refractivity (Wildman–Crippen MR) is 107 cm³/mol. The van der Waals surface area contributed by atoms with Crippen molar-refractivity contribution >= 4 is 5.69 Å². The molecule has 1 heteroatoms. The summed E-state index contributed by atoms with van der Waals surface area (Å²) in [6.07, 6.45) is 0. The minimum atomic E-state index is 0.784. The highest BCUT2D eigenvalue weighted by molar-refractivity contribution is 5.81. The standard InChI is InChI=1S/C24H19N/c25-24-13-11-20(12-14-24)23-16-21(18-7-3-1-4-8-18)15-22(17-23)19-9-5-2-6-10-19/h1-17H,25H2. The van der Waals surface area contributed by atoms with Gasteiger partial charge in [0, 0.05) is 5.69 Å². The highest BCUT2D eigenvalue weighted by atomic mass is 14.5. The van der Waals surface area contributed by atoms with E-state index in [0.717, 1.165) is 5.69 Å². The summed E-state index contributed by atoms with van der Waals surface area (Å²) in [6.45, 7) is 0. The molecule has 1 nitrogen and oxygen atoms in total. The van der Waals surface area contributed by atoms with Crippen LogP contribution in [0.2, 0.25) is 0 Å².